The first kappa shape index (κ1) is 19.9. The van der Waals surface area contributed by atoms with Gasteiger partial charge in [0, 0.05) is 12.0 Å². The van der Waals surface area contributed by atoms with Crippen LogP contribution in [-0.4, -0.2) is 25.9 Å². The molecule has 4 nitrogen and oxygen atoms in total. The lowest BCUT2D eigenvalue weighted by atomic mass is 10.1. The standard InChI is InChI=1S/C18H25FN2O2Si/c1-18(2,3)24(4,5)11-7-10-15(16(20)22)21-17(23)13-8-6-9-14(19)12-13/h6,8-9,12,15H,10H2,1-5H3,(H2,20,22)(H,21,23)/t15-/m1/s1. The van der Waals surface area contributed by atoms with Crippen molar-refractivity contribution in [1.82, 2.24) is 5.32 Å². The summed E-state index contributed by atoms with van der Waals surface area (Å²) in [5, 5.41) is 2.62. The molecule has 0 saturated heterocycles. The summed E-state index contributed by atoms with van der Waals surface area (Å²) in [7, 11) is -1.79. The summed E-state index contributed by atoms with van der Waals surface area (Å²) < 4.78 is 13.2. The highest BCUT2D eigenvalue weighted by atomic mass is 28.3. The predicted molar refractivity (Wildman–Crippen MR) is 96.4 cm³/mol. The Morgan fingerprint density at radius 3 is 2.46 bits per heavy atom. The van der Waals surface area contributed by atoms with E-state index < -0.39 is 31.7 Å². The molecule has 1 atom stereocenters. The van der Waals surface area contributed by atoms with Crippen LogP contribution in [0.1, 0.15) is 37.6 Å². The summed E-state index contributed by atoms with van der Waals surface area (Å²) in [6.45, 7) is 10.7. The van der Waals surface area contributed by atoms with Gasteiger partial charge in [-0.15, -0.1) is 11.5 Å². The number of carbonyl (C=O) groups excluding carboxylic acids is 2. The van der Waals surface area contributed by atoms with Crippen molar-refractivity contribution < 1.29 is 14.0 Å². The van der Waals surface area contributed by atoms with Crippen molar-refractivity contribution in [2.24, 2.45) is 5.73 Å². The zero-order valence-corrected chi connectivity index (χ0v) is 15.9. The molecular formula is C18H25FN2O2Si. The maximum atomic E-state index is 13.2. The number of halogens is 1. The highest BCUT2D eigenvalue weighted by Gasteiger charge is 2.33. The third-order valence-corrected chi connectivity index (χ3v) is 8.87. The number of hydrogen-bond acceptors (Lipinski definition) is 2. The molecule has 0 aliphatic carbocycles. The van der Waals surface area contributed by atoms with Gasteiger partial charge < -0.3 is 11.1 Å². The Balaban J connectivity index is 2.83. The maximum Gasteiger partial charge on any atom is 0.252 e. The summed E-state index contributed by atoms with van der Waals surface area (Å²) >= 11 is 0. The van der Waals surface area contributed by atoms with Crippen LogP contribution in [0.4, 0.5) is 4.39 Å². The van der Waals surface area contributed by atoms with E-state index in [4.69, 9.17) is 5.73 Å². The molecule has 130 valence electrons. The highest BCUT2D eigenvalue weighted by molar-refractivity contribution is 6.87. The Kier molecular flexibility index (Phi) is 6.33. The zero-order valence-electron chi connectivity index (χ0n) is 14.9. The fourth-order valence-electron chi connectivity index (χ4n) is 1.66. The van der Waals surface area contributed by atoms with E-state index in [0.29, 0.717) is 0 Å². The number of carbonyl (C=O) groups is 2. The third kappa shape index (κ3) is 5.50. The molecule has 1 aromatic carbocycles. The van der Waals surface area contributed by atoms with Gasteiger partial charge in [-0.1, -0.05) is 39.9 Å². The van der Waals surface area contributed by atoms with Crippen LogP contribution in [-0.2, 0) is 4.79 Å². The van der Waals surface area contributed by atoms with Crippen LogP contribution >= 0.6 is 0 Å². The van der Waals surface area contributed by atoms with E-state index in [9.17, 15) is 14.0 Å². The molecule has 3 N–H and O–H groups in total. The molecule has 0 fully saturated rings. The van der Waals surface area contributed by atoms with Crippen LogP contribution in [0.2, 0.25) is 18.1 Å². The fraction of sp³-hybridized carbons (Fsp3) is 0.444. The molecule has 0 heterocycles. The first-order valence-electron chi connectivity index (χ1n) is 7.80. The second kappa shape index (κ2) is 7.62. The second-order valence-electron chi connectivity index (χ2n) is 7.32. The number of hydrogen-bond donors (Lipinski definition) is 2. The quantitative estimate of drug-likeness (QED) is 0.649. The van der Waals surface area contributed by atoms with Crippen LogP contribution < -0.4 is 11.1 Å². The molecule has 1 aromatic rings. The van der Waals surface area contributed by atoms with Gasteiger partial charge in [-0.2, -0.15) is 0 Å². The molecule has 0 aromatic heterocycles. The van der Waals surface area contributed by atoms with Crippen LogP contribution in [0, 0.1) is 17.3 Å². The molecule has 0 spiro atoms. The fourth-order valence-corrected chi connectivity index (χ4v) is 2.57. The first-order valence-corrected chi connectivity index (χ1v) is 10.8. The number of nitrogens with one attached hydrogen (secondary N) is 1. The van der Waals surface area contributed by atoms with E-state index in [1.807, 2.05) is 0 Å². The average Bonchev–Trinajstić information content (AvgIpc) is 2.44. The van der Waals surface area contributed by atoms with Crippen molar-refractivity contribution in [2.45, 2.75) is 51.4 Å². The van der Waals surface area contributed by atoms with E-state index in [1.165, 1.54) is 18.2 Å². The van der Waals surface area contributed by atoms with Crippen LogP contribution in [0.25, 0.3) is 0 Å². The van der Waals surface area contributed by atoms with Gasteiger partial charge in [0.1, 0.15) is 19.9 Å². The lowest BCUT2D eigenvalue weighted by molar-refractivity contribution is -0.119. The predicted octanol–water partition coefficient (Wildman–Crippen LogP) is 2.85. The molecule has 0 bridgehead atoms. The molecule has 2 amide bonds. The molecule has 0 aliphatic rings. The summed E-state index contributed by atoms with van der Waals surface area (Å²) in [5.74, 6) is 1.27. The Labute approximate surface area is 144 Å². The molecule has 0 radical (unpaired) electrons. The van der Waals surface area contributed by atoms with Crippen LogP contribution in [0.15, 0.2) is 24.3 Å². The Morgan fingerprint density at radius 2 is 1.96 bits per heavy atom. The first-order chi connectivity index (χ1) is 10.9. The summed E-state index contributed by atoms with van der Waals surface area (Å²) in [4.78, 5) is 23.7. The molecular weight excluding hydrogens is 323 g/mol. The number of amides is 2. The zero-order chi connectivity index (χ0) is 18.5. The van der Waals surface area contributed by atoms with Crippen LogP contribution in [0.3, 0.4) is 0 Å². The molecule has 1 rings (SSSR count). The Morgan fingerprint density at radius 1 is 1.33 bits per heavy atom. The van der Waals surface area contributed by atoms with Crippen molar-refractivity contribution in [3.63, 3.8) is 0 Å². The average molecular weight is 348 g/mol. The van der Waals surface area contributed by atoms with Gasteiger partial charge >= 0.3 is 0 Å². The second-order valence-corrected chi connectivity index (χ2v) is 12.3. The Hall–Kier alpha value is -2.13. The highest BCUT2D eigenvalue weighted by Crippen LogP contribution is 2.35. The van der Waals surface area contributed by atoms with Crippen LogP contribution in [0.5, 0.6) is 0 Å². The van der Waals surface area contributed by atoms with E-state index in [1.54, 1.807) is 0 Å². The van der Waals surface area contributed by atoms with Crippen molar-refractivity contribution >= 4 is 19.9 Å². The van der Waals surface area contributed by atoms with E-state index in [-0.39, 0.29) is 17.0 Å². The van der Waals surface area contributed by atoms with Gasteiger partial charge in [0.15, 0.2) is 0 Å². The summed E-state index contributed by atoms with van der Waals surface area (Å²) in [5.41, 5.74) is 8.76. The van der Waals surface area contributed by atoms with Crippen molar-refractivity contribution in [2.75, 3.05) is 0 Å². The van der Waals surface area contributed by atoms with E-state index in [0.717, 1.165) is 6.07 Å². The monoisotopic (exact) mass is 348 g/mol. The summed E-state index contributed by atoms with van der Waals surface area (Å²) in [6, 6.07) is 4.35. The van der Waals surface area contributed by atoms with Gasteiger partial charge in [-0.25, -0.2) is 4.39 Å². The number of nitrogens with two attached hydrogens (primary N) is 1. The lowest BCUT2D eigenvalue weighted by Gasteiger charge is -2.31. The molecule has 0 saturated carbocycles. The van der Waals surface area contributed by atoms with Gasteiger partial charge in [0.05, 0.1) is 0 Å². The maximum absolute atomic E-state index is 13.2. The minimum atomic E-state index is -1.79. The van der Waals surface area contributed by atoms with Gasteiger partial charge in [0.25, 0.3) is 5.91 Å². The third-order valence-electron chi connectivity index (χ3n) is 4.32. The molecule has 24 heavy (non-hydrogen) atoms. The number of primary amides is 1. The SMILES string of the molecule is CC(C)(C)[Si](C)(C)C#CC[C@@H](NC(=O)c1cccc(F)c1)C(N)=O. The summed E-state index contributed by atoms with van der Waals surface area (Å²) in [6.07, 6.45) is 0.142. The van der Waals surface area contributed by atoms with Gasteiger partial charge in [-0.05, 0) is 23.2 Å². The Bertz CT molecular complexity index is 684. The van der Waals surface area contributed by atoms with Crippen molar-refractivity contribution in [3.8, 4) is 11.5 Å². The normalized spacial score (nSPS) is 12.8. The largest absolute Gasteiger partial charge is 0.368 e. The van der Waals surface area contributed by atoms with Crippen molar-refractivity contribution in [1.29, 1.82) is 0 Å². The molecule has 0 aliphatic heterocycles. The molecule has 0 unspecified atom stereocenters. The number of benzene rings is 1. The van der Waals surface area contributed by atoms with Crippen molar-refractivity contribution in [3.05, 3.63) is 35.6 Å². The number of rotatable bonds is 4. The smallest absolute Gasteiger partial charge is 0.252 e. The molecule has 6 heteroatoms. The van der Waals surface area contributed by atoms with E-state index >= 15 is 0 Å². The van der Waals surface area contributed by atoms with Gasteiger partial charge in [0.2, 0.25) is 5.91 Å². The minimum Gasteiger partial charge on any atom is -0.368 e. The topological polar surface area (TPSA) is 72.2 Å². The van der Waals surface area contributed by atoms with Gasteiger partial charge in [-0.3, -0.25) is 9.59 Å². The minimum absolute atomic E-state index is 0.104. The van der Waals surface area contributed by atoms with E-state index in [2.05, 4.69) is 50.6 Å². The lowest BCUT2D eigenvalue weighted by Crippen LogP contribution is -2.44.